The van der Waals surface area contributed by atoms with E-state index in [1.54, 1.807) is 19.1 Å². The number of anilines is 1. The first-order chi connectivity index (χ1) is 9.04. The summed E-state index contributed by atoms with van der Waals surface area (Å²) >= 11 is 0. The van der Waals surface area contributed by atoms with E-state index in [-0.39, 0.29) is 12.4 Å². The van der Waals surface area contributed by atoms with Gasteiger partial charge < -0.3 is 15.6 Å². The molecule has 0 aromatic heterocycles. The summed E-state index contributed by atoms with van der Waals surface area (Å²) in [7, 11) is 0. The third-order valence-electron chi connectivity index (χ3n) is 2.53. The van der Waals surface area contributed by atoms with Gasteiger partial charge >= 0.3 is 11.9 Å². The summed E-state index contributed by atoms with van der Waals surface area (Å²) in [6, 6.07) is 5.28. The molecule has 0 spiro atoms. The fourth-order valence-corrected chi connectivity index (χ4v) is 1.68. The molecule has 0 bridgehead atoms. The van der Waals surface area contributed by atoms with E-state index in [2.05, 4.69) is 0 Å². The van der Waals surface area contributed by atoms with Crippen LogP contribution in [0.15, 0.2) is 24.3 Å². The molecule has 5 nitrogen and oxygen atoms in total. The maximum Gasteiger partial charge on any atom is 0.328 e. The average Bonchev–Trinajstić information content (AvgIpc) is 2.35. The number of ether oxygens (including phenoxy) is 1. The number of carboxylic acids is 1. The summed E-state index contributed by atoms with van der Waals surface area (Å²) in [4.78, 5) is 21.9. The Morgan fingerprint density at radius 2 is 2.16 bits per heavy atom. The van der Waals surface area contributed by atoms with E-state index in [4.69, 9.17) is 15.6 Å². The van der Waals surface area contributed by atoms with Crippen LogP contribution in [0.2, 0.25) is 0 Å². The standard InChI is InChI=1S/C14H17NO4/c1-2-19-14(18)9-6-10-4-3-5-12(15)11(10)7-8-13(16)17/h3-5,7-8H,2,6,9,15H2,1H3,(H,16,17). The van der Waals surface area contributed by atoms with E-state index in [0.29, 0.717) is 24.3 Å². The Morgan fingerprint density at radius 1 is 1.42 bits per heavy atom. The highest BCUT2D eigenvalue weighted by atomic mass is 16.5. The van der Waals surface area contributed by atoms with Crippen molar-refractivity contribution < 1.29 is 19.4 Å². The minimum Gasteiger partial charge on any atom is -0.478 e. The quantitative estimate of drug-likeness (QED) is 0.464. The summed E-state index contributed by atoms with van der Waals surface area (Å²) in [6.07, 6.45) is 3.17. The molecule has 0 heterocycles. The van der Waals surface area contributed by atoms with Crippen molar-refractivity contribution in [2.45, 2.75) is 19.8 Å². The number of nitrogens with two attached hydrogens (primary N) is 1. The van der Waals surface area contributed by atoms with Gasteiger partial charge in [-0.3, -0.25) is 4.79 Å². The molecule has 0 atom stereocenters. The molecule has 3 N–H and O–H groups in total. The normalized spacial score (nSPS) is 10.6. The highest BCUT2D eigenvalue weighted by Crippen LogP contribution is 2.20. The van der Waals surface area contributed by atoms with Gasteiger partial charge in [-0.05, 0) is 31.1 Å². The number of benzene rings is 1. The predicted octanol–water partition coefficient (Wildman–Crippen LogP) is 1.86. The zero-order chi connectivity index (χ0) is 14.3. The van der Waals surface area contributed by atoms with Crippen LogP contribution in [0.4, 0.5) is 5.69 Å². The Hall–Kier alpha value is -2.30. The van der Waals surface area contributed by atoms with Crippen LogP contribution in [0.5, 0.6) is 0 Å². The Balaban J connectivity index is 2.85. The fourth-order valence-electron chi connectivity index (χ4n) is 1.68. The van der Waals surface area contributed by atoms with Gasteiger partial charge in [0.05, 0.1) is 6.61 Å². The minimum absolute atomic E-state index is 0.241. The maximum absolute atomic E-state index is 11.3. The van der Waals surface area contributed by atoms with Crippen LogP contribution in [-0.4, -0.2) is 23.7 Å². The summed E-state index contributed by atoms with van der Waals surface area (Å²) < 4.78 is 4.85. The molecule has 19 heavy (non-hydrogen) atoms. The summed E-state index contributed by atoms with van der Waals surface area (Å²) in [6.45, 7) is 2.10. The monoisotopic (exact) mass is 263 g/mol. The molecule has 102 valence electrons. The van der Waals surface area contributed by atoms with E-state index in [9.17, 15) is 9.59 Å². The second kappa shape index (κ2) is 7.20. The first-order valence-corrected chi connectivity index (χ1v) is 5.98. The Labute approximate surface area is 111 Å². The molecule has 0 saturated heterocycles. The average molecular weight is 263 g/mol. The first kappa shape index (κ1) is 14.8. The number of hydrogen-bond donors (Lipinski definition) is 2. The number of nitrogen functional groups attached to an aromatic ring is 1. The summed E-state index contributed by atoms with van der Waals surface area (Å²) in [5.74, 6) is -1.32. The van der Waals surface area contributed by atoms with Crippen LogP contribution in [0.1, 0.15) is 24.5 Å². The maximum atomic E-state index is 11.3. The van der Waals surface area contributed by atoms with Crippen molar-refractivity contribution in [3.63, 3.8) is 0 Å². The third-order valence-corrected chi connectivity index (χ3v) is 2.53. The van der Waals surface area contributed by atoms with Crippen molar-refractivity contribution in [1.82, 2.24) is 0 Å². The number of hydrogen-bond acceptors (Lipinski definition) is 4. The van der Waals surface area contributed by atoms with E-state index in [1.165, 1.54) is 6.08 Å². The molecule has 0 aliphatic rings. The van der Waals surface area contributed by atoms with Gasteiger partial charge in [0.2, 0.25) is 0 Å². The van der Waals surface area contributed by atoms with Crippen LogP contribution in [0.25, 0.3) is 6.08 Å². The van der Waals surface area contributed by atoms with Crippen molar-refractivity contribution in [1.29, 1.82) is 0 Å². The van der Waals surface area contributed by atoms with Crippen molar-refractivity contribution in [3.05, 3.63) is 35.4 Å². The molecular formula is C14H17NO4. The molecule has 0 fully saturated rings. The number of carboxylic acid groups (broad SMARTS) is 1. The lowest BCUT2D eigenvalue weighted by molar-refractivity contribution is -0.143. The minimum atomic E-state index is -1.04. The van der Waals surface area contributed by atoms with Gasteiger partial charge in [-0.15, -0.1) is 0 Å². The Kier molecular flexibility index (Phi) is 5.60. The zero-order valence-corrected chi connectivity index (χ0v) is 10.8. The van der Waals surface area contributed by atoms with Gasteiger partial charge in [-0.2, -0.15) is 0 Å². The fraction of sp³-hybridized carbons (Fsp3) is 0.286. The lowest BCUT2D eigenvalue weighted by Crippen LogP contribution is -2.06. The first-order valence-electron chi connectivity index (χ1n) is 5.98. The van der Waals surface area contributed by atoms with E-state index >= 15 is 0 Å². The van der Waals surface area contributed by atoms with Crippen molar-refractivity contribution >= 4 is 23.7 Å². The number of aliphatic carboxylic acids is 1. The molecule has 0 amide bonds. The van der Waals surface area contributed by atoms with Crippen molar-refractivity contribution in [2.24, 2.45) is 0 Å². The lowest BCUT2D eigenvalue weighted by Gasteiger charge is -2.08. The number of aryl methyl sites for hydroxylation is 1. The topological polar surface area (TPSA) is 89.6 Å². The predicted molar refractivity (Wildman–Crippen MR) is 72.5 cm³/mol. The molecule has 1 aromatic carbocycles. The molecule has 0 radical (unpaired) electrons. The largest absolute Gasteiger partial charge is 0.478 e. The van der Waals surface area contributed by atoms with E-state index in [0.717, 1.165) is 11.6 Å². The molecule has 1 aromatic rings. The number of carbonyl (C=O) groups is 2. The number of rotatable bonds is 6. The van der Waals surface area contributed by atoms with Crippen LogP contribution in [-0.2, 0) is 20.7 Å². The smallest absolute Gasteiger partial charge is 0.328 e. The highest BCUT2D eigenvalue weighted by Gasteiger charge is 2.07. The summed E-state index contributed by atoms with van der Waals surface area (Å²) in [5.41, 5.74) is 7.76. The molecule has 0 aliphatic carbocycles. The zero-order valence-electron chi connectivity index (χ0n) is 10.8. The van der Waals surface area contributed by atoms with Crippen LogP contribution >= 0.6 is 0 Å². The van der Waals surface area contributed by atoms with Gasteiger partial charge in [0.15, 0.2) is 0 Å². The molecular weight excluding hydrogens is 246 g/mol. The van der Waals surface area contributed by atoms with Gasteiger partial charge in [-0.25, -0.2) is 4.79 Å². The molecule has 5 heteroatoms. The van der Waals surface area contributed by atoms with Crippen molar-refractivity contribution in [3.8, 4) is 0 Å². The van der Waals surface area contributed by atoms with Crippen LogP contribution < -0.4 is 5.73 Å². The van der Waals surface area contributed by atoms with Gasteiger partial charge in [0.1, 0.15) is 0 Å². The number of carbonyl (C=O) groups excluding carboxylic acids is 1. The van der Waals surface area contributed by atoms with Crippen LogP contribution in [0, 0.1) is 0 Å². The summed E-state index contributed by atoms with van der Waals surface area (Å²) in [5, 5.41) is 8.64. The second-order valence-corrected chi connectivity index (χ2v) is 3.90. The third kappa shape index (κ3) is 4.83. The molecule has 0 aliphatic heterocycles. The SMILES string of the molecule is CCOC(=O)CCc1cccc(N)c1C=CC(=O)O. The molecule has 0 saturated carbocycles. The second-order valence-electron chi connectivity index (χ2n) is 3.90. The van der Waals surface area contributed by atoms with Gasteiger partial charge in [0.25, 0.3) is 0 Å². The van der Waals surface area contributed by atoms with E-state index in [1.807, 2.05) is 6.07 Å². The van der Waals surface area contributed by atoms with Gasteiger partial charge in [-0.1, -0.05) is 12.1 Å². The Morgan fingerprint density at radius 3 is 2.79 bits per heavy atom. The van der Waals surface area contributed by atoms with E-state index < -0.39 is 5.97 Å². The number of esters is 1. The molecule has 1 rings (SSSR count). The Bertz CT molecular complexity index is 494. The van der Waals surface area contributed by atoms with Crippen molar-refractivity contribution in [2.75, 3.05) is 12.3 Å². The highest BCUT2D eigenvalue weighted by molar-refractivity contribution is 5.87. The van der Waals surface area contributed by atoms with Gasteiger partial charge in [0, 0.05) is 23.7 Å². The lowest BCUT2D eigenvalue weighted by atomic mass is 10.0. The molecule has 0 unspecified atom stereocenters. The van der Waals surface area contributed by atoms with Crippen LogP contribution in [0.3, 0.4) is 0 Å².